The lowest BCUT2D eigenvalue weighted by atomic mass is 9.87. The molecule has 0 atom stereocenters. The molecule has 1 heterocycles. The number of carbonyl (C=O) groups excluding carboxylic acids is 1. The van der Waals surface area contributed by atoms with Gasteiger partial charge in [-0.1, -0.05) is 6.92 Å². The van der Waals surface area contributed by atoms with Crippen LogP contribution < -0.4 is 5.32 Å². The maximum atomic E-state index is 13.1. The zero-order chi connectivity index (χ0) is 15.7. The Hall–Kier alpha value is -1.98. The second kappa shape index (κ2) is 6.02. The van der Waals surface area contributed by atoms with Crippen molar-refractivity contribution in [2.75, 3.05) is 5.32 Å². The Morgan fingerprint density at radius 1 is 1.32 bits per heavy atom. The van der Waals surface area contributed by atoms with Gasteiger partial charge in [-0.3, -0.25) is 9.48 Å². The molecule has 1 fully saturated rings. The lowest BCUT2D eigenvalue weighted by molar-refractivity contribution is -0.105. The average Bonchev–Trinajstić information content (AvgIpc) is 2.90. The highest BCUT2D eigenvalue weighted by Crippen LogP contribution is 2.34. The summed E-state index contributed by atoms with van der Waals surface area (Å²) in [6.07, 6.45) is 4.13. The van der Waals surface area contributed by atoms with E-state index in [2.05, 4.69) is 17.3 Å². The minimum atomic E-state index is -2.65. The molecule has 0 aliphatic heterocycles. The molecule has 1 aromatic carbocycles. The second-order valence-electron chi connectivity index (χ2n) is 6.08. The molecule has 2 aromatic rings. The second-order valence-corrected chi connectivity index (χ2v) is 6.08. The van der Waals surface area contributed by atoms with Crippen molar-refractivity contribution in [3.8, 4) is 0 Å². The predicted molar refractivity (Wildman–Crippen MR) is 81.0 cm³/mol. The first-order valence-corrected chi connectivity index (χ1v) is 7.59. The van der Waals surface area contributed by atoms with Crippen LogP contribution in [0.1, 0.15) is 50.6 Å². The predicted octanol–water partition coefficient (Wildman–Crippen LogP) is 4.29. The summed E-state index contributed by atoms with van der Waals surface area (Å²) in [5, 5.41) is 7.59. The summed E-state index contributed by atoms with van der Waals surface area (Å²) >= 11 is 0. The Morgan fingerprint density at radius 3 is 2.68 bits per heavy atom. The molecule has 1 saturated carbocycles. The molecule has 0 unspecified atom stereocenters. The summed E-state index contributed by atoms with van der Waals surface area (Å²) in [5.41, 5.74) is 0.502. The lowest BCUT2D eigenvalue weighted by Gasteiger charge is -2.26. The smallest absolute Gasteiger partial charge is 0.265 e. The molecule has 3 rings (SSSR count). The van der Waals surface area contributed by atoms with Crippen LogP contribution in [0.2, 0.25) is 0 Å². The molecule has 0 bridgehead atoms. The van der Waals surface area contributed by atoms with E-state index in [-0.39, 0.29) is 11.3 Å². The van der Waals surface area contributed by atoms with Crippen molar-refractivity contribution in [3.05, 3.63) is 23.9 Å². The monoisotopic (exact) mass is 307 g/mol. The number of aromatic nitrogens is 2. The fraction of sp³-hybridized carbons (Fsp3) is 0.500. The Labute approximate surface area is 127 Å². The van der Waals surface area contributed by atoms with Gasteiger partial charge in [0.05, 0.1) is 17.2 Å². The molecule has 0 spiro atoms. The lowest BCUT2D eigenvalue weighted by Crippen LogP contribution is -2.16. The zero-order valence-electron chi connectivity index (χ0n) is 12.4. The maximum Gasteiger partial charge on any atom is 0.265 e. The minimum Gasteiger partial charge on any atom is -0.328 e. The summed E-state index contributed by atoms with van der Waals surface area (Å²) < 4.78 is 28.1. The number of halogens is 2. The van der Waals surface area contributed by atoms with Crippen LogP contribution in [0.3, 0.4) is 0 Å². The molecule has 0 saturated heterocycles. The molecular formula is C16H19F2N3O. The molecule has 0 radical (unpaired) electrons. The Morgan fingerprint density at radius 2 is 2.05 bits per heavy atom. The van der Waals surface area contributed by atoms with Crippen LogP contribution in [0, 0.1) is 5.92 Å². The van der Waals surface area contributed by atoms with Gasteiger partial charge < -0.3 is 5.32 Å². The van der Waals surface area contributed by atoms with Gasteiger partial charge in [0.2, 0.25) is 6.41 Å². The third-order valence-corrected chi connectivity index (χ3v) is 4.50. The molecule has 118 valence electrons. The molecule has 1 aliphatic rings. The summed E-state index contributed by atoms with van der Waals surface area (Å²) in [7, 11) is 0. The summed E-state index contributed by atoms with van der Waals surface area (Å²) in [6, 6.07) is 3.27. The van der Waals surface area contributed by atoms with E-state index in [0.717, 1.165) is 24.1 Å². The summed E-state index contributed by atoms with van der Waals surface area (Å²) in [4.78, 5) is 10.6. The normalized spacial score (nSPS) is 22.2. The van der Waals surface area contributed by atoms with Gasteiger partial charge in [-0.15, -0.1) is 0 Å². The first kappa shape index (κ1) is 14.9. The van der Waals surface area contributed by atoms with Gasteiger partial charge in [0.15, 0.2) is 0 Å². The topological polar surface area (TPSA) is 46.9 Å². The average molecular weight is 307 g/mol. The Bertz CT molecular complexity index is 675. The van der Waals surface area contributed by atoms with E-state index >= 15 is 0 Å². The number of hydrogen-bond acceptors (Lipinski definition) is 2. The van der Waals surface area contributed by atoms with Crippen molar-refractivity contribution in [3.63, 3.8) is 0 Å². The number of nitrogens with one attached hydrogen (secondary N) is 1. The Balaban J connectivity index is 1.96. The van der Waals surface area contributed by atoms with Gasteiger partial charge in [-0.2, -0.15) is 5.10 Å². The Kier molecular flexibility index (Phi) is 4.09. The fourth-order valence-corrected chi connectivity index (χ4v) is 3.17. The van der Waals surface area contributed by atoms with E-state index in [4.69, 9.17) is 0 Å². The third kappa shape index (κ3) is 2.82. The van der Waals surface area contributed by atoms with Crippen molar-refractivity contribution < 1.29 is 13.6 Å². The van der Waals surface area contributed by atoms with E-state index in [1.807, 2.05) is 10.9 Å². The van der Waals surface area contributed by atoms with Crippen LogP contribution in [-0.4, -0.2) is 16.2 Å². The van der Waals surface area contributed by atoms with E-state index in [9.17, 15) is 13.6 Å². The van der Waals surface area contributed by atoms with Crippen LogP contribution in [0.15, 0.2) is 18.3 Å². The van der Waals surface area contributed by atoms with Crippen LogP contribution >= 0.6 is 0 Å². The van der Waals surface area contributed by atoms with Crippen molar-refractivity contribution >= 4 is 23.0 Å². The standard InChI is InChI=1S/C16H19F2N3O/c1-10-2-4-12(5-3-10)21-8-11-6-15(19-9-22)13(16(17)18)7-14(11)20-21/h6-10,12,16H,2-5H2,1H3,(H,19,22). The summed E-state index contributed by atoms with van der Waals surface area (Å²) in [5.74, 6) is 0.745. The van der Waals surface area contributed by atoms with Gasteiger partial charge in [0.1, 0.15) is 0 Å². The molecule has 1 aliphatic carbocycles. The minimum absolute atomic E-state index is 0.148. The first-order chi connectivity index (χ1) is 10.6. The number of benzene rings is 1. The summed E-state index contributed by atoms with van der Waals surface area (Å²) in [6.45, 7) is 2.25. The van der Waals surface area contributed by atoms with Gasteiger partial charge in [0.25, 0.3) is 6.43 Å². The van der Waals surface area contributed by atoms with Crippen molar-refractivity contribution in [1.29, 1.82) is 0 Å². The van der Waals surface area contributed by atoms with Gasteiger partial charge in [-0.25, -0.2) is 8.78 Å². The third-order valence-electron chi connectivity index (χ3n) is 4.50. The number of carbonyl (C=O) groups is 1. The van der Waals surface area contributed by atoms with Gasteiger partial charge in [0, 0.05) is 17.1 Å². The SMILES string of the molecule is CC1CCC(n2cc3cc(NC=O)c(C(F)F)cc3n2)CC1. The number of rotatable bonds is 4. The maximum absolute atomic E-state index is 13.1. The van der Waals surface area contributed by atoms with E-state index < -0.39 is 6.43 Å². The molecule has 4 nitrogen and oxygen atoms in total. The number of hydrogen-bond donors (Lipinski definition) is 1. The zero-order valence-corrected chi connectivity index (χ0v) is 12.4. The van der Waals surface area contributed by atoms with Crippen molar-refractivity contribution in [2.45, 2.75) is 45.1 Å². The number of alkyl halides is 2. The molecule has 1 aromatic heterocycles. The van der Waals surface area contributed by atoms with Crippen LogP contribution in [0.4, 0.5) is 14.5 Å². The number of amides is 1. The highest BCUT2D eigenvalue weighted by Gasteiger charge is 2.21. The van der Waals surface area contributed by atoms with Crippen LogP contribution in [-0.2, 0) is 4.79 Å². The van der Waals surface area contributed by atoms with Crippen LogP contribution in [0.5, 0.6) is 0 Å². The fourth-order valence-electron chi connectivity index (χ4n) is 3.17. The number of anilines is 1. The van der Waals surface area contributed by atoms with Crippen molar-refractivity contribution in [2.24, 2.45) is 5.92 Å². The van der Waals surface area contributed by atoms with E-state index in [0.29, 0.717) is 18.0 Å². The first-order valence-electron chi connectivity index (χ1n) is 7.59. The quantitative estimate of drug-likeness (QED) is 0.856. The van der Waals surface area contributed by atoms with E-state index in [1.54, 1.807) is 6.07 Å². The van der Waals surface area contributed by atoms with E-state index in [1.165, 1.54) is 18.9 Å². The molecule has 1 amide bonds. The molecule has 1 N–H and O–H groups in total. The van der Waals surface area contributed by atoms with Gasteiger partial charge >= 0.3 is 0 Å². The van der Waals surface area contributed by atoms with Gasteiger partial charge in [-0.05, 0) is 43.7 Å². The number of fused-ring (bicyclic) bond motifs is 1. The highest BCUT2D eigenvalue weighted by atomic mass is 19.3. The number of nitrogens with zero attached hydrogens (tertiary/aromatic N) is 2. The molecular weight excluding hydrogens is 288 g/mol. The van der Waals surface area contributed by atoms with Crippen molar-refractivity contribution in [1.82, 2.24) is 9.78 Å². The molecule has 22 heavy (non-hydrogen) atoms. The largest absolute Gasteiger partial charge is 0.328 e. The highest BCUT2D eigenvalue weighted by molar-refractivity contribution is 5.87. The molecule has 6 heteroatoms. The van der Waals surface area contributed by atoms with Crippen LogP contribution in [0.25, 0.3) is 10.9 Å².